The standard InChI is InChI=1S/C12H20O4/c1-9(2)10-12(15-8-7-14-10)6-5-11(3,13-4)16-12/h5-6,9-10H,7-8H2,1-4H3. The molecule has 2 heterocycles. The predicted octanol–water partition coefficient (Wildman–Crippen LogP) is 1.70. The van der Waals surface area contributed by atoms with Gasteiger partial charge in [-0.3, -0.25) is 0 Å². The molecule has 4 nitrogen and oxygen atoms in total. The molecular weight excluding hydrogens is 208 g/mol. The fraction of sp³-hybridized carbons (Fsp3) is 0.833. The Labute approximate surface area is 96.5 Å². The molecule has 0 radical (unpaired) electrons. The molecule has 0 bridgehead atoms. The summed E-state index contributed by atoms with van der Waals surface area (Å²) in [6, 6.07) is 0. The van der Waals surface area contributed by atoms with E-state index in [9.17, 15) is 0 Å². The molecule has 2 aliphatic heterocycles. The molecule has 1 fully saturated rings. The number of rotatable bonds is 2. The van der Waals surface area contributed by atoms with Gasteiger partial charge in [-0.25, -0.2) is 0 Å². The zero-order chi connectivity index (χ0) is 11.8. The highest BCUT2D eigenvalue weighted by Gasteiger charge is 2.52. The Bertz CT molecular complexity index is 289. The fourth-order valence-corrected chi connectivity index (χ4v) is 2.22. The minimum absolute atomic E-state index is 0.0884. The Morgan fingerprint density at radius 1 is 1.31 bits per heavy atom. The van der Waals surface area contributed by atoms with E-state index in [-0.39, 0.29) is 6.10 Å². The van der Waals surface area contributed by atoms with Gasteiger partial charge in [-0.2, -0.15) is 0 Å². The molecule has 0 aliphatic carbocycles. The molecule has 3 atom stereocenters. The Hall–Kier alpha value is -0.420. The third-order valence-electron chi connectivity index (χ3n) is 3.10. The van der Waals surface area contributed by atoms with Gasteiger partial charge in [-0.15, -0.1) is 0 Å². The first-order chi connectivity index (χ1) is 7.51. The van der Waals surface area contributed by atoms with Crippen LogP contribution in [0.4, 0.5) is 0 Å². The molecule has 4 heteroatoms. The minimum Gasteiger partial charge on any atom is -0.370 e. The molecule has 0 N–H and O–H groups in total. The molecule has 1 saturated heterocycles. The lowest BCUT2D eigenvalue weighted by molar-refractivity contribution is -0.355. The third-order valence-corrected chi connectivity index (χ3v) is 3.10. The summed E-state index contributed by atoms with van der Waals surface area (Å²) in [5, 5.41) is 0. The molecule has 1 spiro atoms. The Morgan fingerprint density at radius 2 is 2.06 bits per heavy atom. The number of hydrogen-bond donors (Lipinski definition) is 0. The summed E-state index contributed by atoms with van der Waals surface area (Å²) in [6.07, 6.45) is 3.71. The van der Waals surface area contributed by atoms with Crippen molar-refractivity contribution in [2.24, 2.45) is 5.92 Å². The van der Waals surface area contributed by atoms with E-state index >= 15 is 0 Å². The molecule has 0 aromatic heterocycles. The van der Waals surface area contributed by atoms with Gasteiger partial charge in [0.05, 0.1) is 13.2 Å². The van der Waals surface area contributed by atoms with Crippen LogP contribution in [0.3, 0.4) is 0 Å². The zero-order valence-electron chi connectivity index (χ0n) is 10.4. The van der Waals surface area contributed by atoms with Gasteiger partial charge in [-0.05, 0) is 25.0 Å². The normalized spacial score (nSPS) is 43.4. The van der Waals surface area contributed by atoms with Crippen LogP contribution >= 0.6 is 0 Å². The molecule has 0 aromatic carbocycles. The highest BCUT2D eigenvalue weighted by molar-refractivity contribution is 5.14. The lowest BCUT2D eigenvalue weighted by Gasteiger charge is -2.42. The molecule has 92 valence electrons. The van der Waals surface area contributed by atoms with Crippen LogP contribution in [0.2, 0.25) is 0 Å². The Balaban J connectivity index is 2.21. The van der Waals surface area contributed by atoms with Crippen molar-refractivity contribution in [1.82, 2.24) is 0 Å². The lowest BCUT2D eigenvalue weighted by Crippen LogP contribution is -2.54. The van der Waals surface area contributed by atoms with Crippen molar-refractivity contribution in [1.29, 1.82) is 0 Å². The number of methoxy groups -OCH3 is 1. The van der Waals surface area contributed by atoms with Gasteiger partial charge >= 0.3 is 0 Å². The fourth-order valence-electron chi connectivity index (χ4n) is 2.22. The third kappa shape index (κ3) is 1.91. The summed E-state index contributed by atoms with van der Waals surface area (Å²) < 4.78 is 22.8. The second-order valence-electron chi connectivity index (χ2n) is 4.76. The van der Waals surface area contributed by atoms with Crippen molar-refractivity contribution >= 4 is 0 Å². The summed E-state index contributed by atoms with van der Waals surface area (Å²) in [7, 11) is 1.62. The van der Waals surface area contributed by atoms with Crippen molar-refractivity contribution in [2.45, 2.75) is 38.4 Å². The molecule has 2 aliphatic rings. The van der Waals surface area contributed by atoms with E-state index in [2.05, 4.69) is 13.8 Å². The maximum absolute atomic E-state index is 5.92. The van der Waals surface area contributed by atoms with E-state index in [1.165, 1.54) is 0 Å². The second kappa shape index (κ2) is 4.11. The monoisotopic (exact) mass is 228 g/mol. The largest absolute Gasteiger partial charge is 0.370 e. The lowest BCUT2D eigenvalue weighted by atomic mass is 9.97. The maximum Gasteiger partial charge on any atom is 0.218 e. The van der Waals surface area contributed by atoms with Gasteiger partial charge in [0, 0.05) is 7.11 Å². The van der Waals surface area contributed by atoms with Gasteiger partial charge < -0.3 is 18.9 Å². The van der Waals surface area contributed by atoms with E-state index in [4.69, 9.17) is 18.9 Å². The minimum atomic E-state index is -0.781. The second-order valence-corrected chi connectivity index (χ2v) is 4.76. The van der Waals surface area contributed by atoms with Gasteiger partial charge in [0.2, 0.25) is 5.79 Å². The Kier molecular flexibility index (Phi) is 3.09. The maximum atomic E-state index is 5.92. The molecule has 0 aromatic rings. The quantitative estimate of drug-likeness (QED) is 0.674. The van der Waals surface area contributed by atoms with Crippen LogP contribution in [-0.2, 0) is 18.9 Å². The average molecular weight is 228 g/mol. The van der Waals surface area contributed by atoms with Crippen molar-refractivity contribution < 1.29 is 18.9 Å². The SMILES string of the molecule is COC1(C)C=CC2(OCCOC2C(C)C)O1. The van der Waals surface area contributed by atoms with Crippen LogP contribution in [0.25, 0.3) is 0 Å². The van der Waals surface area contributed by atoms with Crippen LogP contribution in [0.5, 0.6) is 0 Å². The van der Waals surface area contributed by atoms with Crippen molar-refractivity contribution in [2.75, 3.05) is 20.3 Å². The smallest absolute Gasteiger partial charge is 0.218 e. The van der Waals surface area contributed by atoms with Crippen molar-refractivity contribution in [3.05, 3.63) is 12.2 Å². The van der Waals surface area contributed by atoms with E-state index in [1.807, 2.05) is 19.1 Å². The number of ether oxygens (including phenoxy) is 4. The van der Waals surface area contributed by atoms with E-state index in [1.54, 1.807) is 7.11 Å². The molecule has 16 heavy (non-hydrogen) atoms. The van der Waals surface area contributed by atoms with Gasteiger partial charge in [0.1, 0.15) is 6.10 Å². The van der Waals surface area contributed by atoms with Crippen molar-refractivity contribution in [3.63, 3.8) is 0 Å². The first-order valence-electron chi connectivity index (χ1n) is 5.73. The Morgan fingerprint density at radius 3 is 2.62 bits per heavy atom. The first-order valence-corrected chi connectivity index (χ1v) is 5.73. The summed E-state index contributed by atoms with van der Waals surface area (Å²) in [6.45, 7) is 7.23. The summed E-state index contributed by atoms with van der Waals surface area (Å²) in [5.74, 6) is -1.17. The van der Waals surface area contributed by atoms with Crippen LogP contribution < -0.4 is 0 Å². The van der Waals surface area contributed by atoms with Crippen molar-refractivity contribution in [3.8, 4) is 0 Å². The topological polar surface area (TPSA) is 36.9 Å². The molecular formula is C12H20O4. The van der Waals surface area contributed by atoms with Crippen LogP contribution in [0, 0.1) is 5.92 Å². The van der Waals surface area contributed by atoms with E-state index < -0.39 is 11.6 Å². The summed E-state index contributed by atoms with van der Waals surface area (Å²) >= 11 is 0. The highest BCUT2D eigenvalue weighted by Crippen LogP contribution is 2.40. The van der Waals surface area contributed by atoms with Crippen LogP contribution in [0.15, 0.2) is 12.2 Å². The molecule has 3 unspecified atom stereocenters. The predicted molar refractivity (Wildman–Crippen MR) is 58.9 cm³/mol. The summed E-state index contributed by atoms with van der Waals surface area (Å²) in [4.78, 5) is 0. The first kappa shape index (κ1) is 12.0. The van der Waals surface area contributed by atoms with Crippen LogP contribution in [0.1, 0.15) is 20.8 Å². The molecule has 2 rings (SSSR count). The van der Waals surface area contributed by atoms with Gasteiger partial charge in [-0.1, -0.05) is 13.8 Å². The van der Waals surface area contributed by atoms with Gasteiger partial charge in [0.15, 0.2) is 5.79 Å². The highest BCUT2D eigenvalue weighted by atomic mass is 16.8. The van der Waals surface area contributed by atoms with Crippen LogP contribution in [-0.4, -0.2) is 38.0 Å². The zero-order valence-corrected chi connectivity index (χ0v) is 10.4. The molecule has 0 saturated carbocycles. The van der Waals surface area contributed by atoms with E-state index in [0.29, 0.717) is 19.1 Å². The number of hydrogen-bond acceptors (Lipinski definition) is 4. The van der Waals surface area contributed by atoms with E-state index in [0.717, 1.165) is 0 Å². The summed E-state index contributed by atoms with van der Waals surface area (Å²) in [5.41, 5.74) is 0. The van der Waals surface area contributed by atoms with Gasteiger partial charge in [0.25, 0.3) is 0 Å². The molecule has 0 amide bonds. The average Bonchev–Trinajstić information content (AvgIpc) is 2.58.